The van der Waals surface area contributed by atoms with Crippen molar-refractivity contribution in [3.63, 3.8) is 0 Å². The van der Waals surface area contributed by atoms with E-state index >= 15 is 0 Å². The molecule has 2 aromatic carbocycles. The van der Waals surface area contributed by atoms with Gasteiger partial charge < -0.3 is 15.2 Å². The number of halogens is 1. The van der Waals surface area contributed by atoms with Gasteiger partial charge in [-0.05, 0) is 67.3 Å². The van der Waals surface area contributed by atoms with E-state index in [0.717, 1.165) is 37.6 Å². The van der Waals surface area contributed by atoms with Gasteiger partial charge in [0, 0.05) is 41.9 Å². The average molecular weight is 474 g/mol. The van der Waals surface area contributed by atoms with Gasteiger partial charge in [-0.3, -0.25) is 9.59 Å². The molecular formula is C29H32FN3O2. The molecule has 6 heteroatoms. The summed E-state index contributed by atoms with van der Waals surface area (Å²) >= 11 is 0. The van der Waals surface area contributed by atoms with Gasteiger partial charge in [0.1, 0.15) is 11.5 Å². The average Bonchev–Trinajstić information content (AvgIpc) is 3.22. The molecule has 1 aliphatic heterocycles. The zero-order valence-electron chi connectivity index (χ0n) is 20.0. The smallest absolute Gasteiger partial charge is 0.270 e. The molecule has 5 nitrogen and oxygen atoms in total. The third-order valence-corrected chi connectivity index (χ3v) is 8.91. The lowest BCUT2D eigenvalue weighted by Crippen LogP contribution is -2.42. The number of rotatable bonds is 5. The fourth-order valence-electron chi connectivity index (χ4n) is 6.61. The van der Waals surface area contributed by atoms with Crippen molar-refractivity contribution in [2.24, 2.45) is 11.3 Å². The molecule has 0 radical (unpaired) electrons. The minimum Gasteiger partial charge on any atom is -0.355 e. The lowest BCUT2D eigenvalue weighted by molar-refractivity contribution is -0.123. The minimum atomic E-state index is -0.309. The molecule has 0 unspecified atom stereocenters. The van der Waals surface area contributed by atoms with Crippen LogP contribution in [0.2, 0.25) is 0 Å². The summed E-state index contributed by atoms with van der Waals surface area (Å²) in [6.07, 6.45) is 7.33. The van der Waals surface area contributed by atoms with Gasteiger partial charge in [0.2, 0.25) is 5.91 Å². The van der Waals surface area contributed by atoms with Crippen LogP contribution < -0.4 is 5.32 Å². The molecular weight excluding hydrogens is 441 g/mol. The van der Waals surface area contributed by atoms with Crippen LogP contribution in [0.5, 0.6) is 0 Å². The Bertz CT molecular complexity index is 1250. The Balaban J connectivity index is 1.05. The topological polar surface area (TPSA) is 65.2 Å². The highest BCUT2D eigenvalue weighted by Gasteiger charge is 2.59. The van der Waals surface area contributed by atoms with E-state index in [1.165, 1.54) is 30.5 Å². The number of hydrogen-bond donors (Lipinski definition) is 2. The van der Waals surface area contributed by atoms with E-state index in [-0.39, 0.29) is 34.4 Å². The van der Waals surface area contributed by atoms with Crippen molar-refractivity contribution in [3.8, 4) is 0 Å². The number of carbonyl (C=O) groups is 2. The van der Waals surface area contributed by atoms with Crippen LogP contribution in [0.1, 0.15) is 61.0 Å². The van der Waals surface area contributed by atoms with Crippen LogP contribution in [-0.2, 0) is 10.2 Å². The normalized spacial score (nSPS) is 22.4. The molecule has 182 valence electrons. The Hall–Kier alpha value is -3.15. The lowest BCUT2D eigenvalue weighted by Gasteiger charge is -2.33. The zero-order chi connectivity index (χ0) is 24.0. The van der Waals surface area contributed by atoms with Crippen LogP contribution in [0.25, 0.3) is 10.9 Å². The first-order chi connectivity index (χ1) is 17.0. The van der Waals surface area contributed by atoms with E-state index in [0.29, 0.717) is 30.7 Å². The van der Waals surface area contributed by atoms with Crippen molar-refractivity contribution in [1.29, 1.82) is 0 Å². The fourth-order valence-corrected chi connectivity index (χ4v) is 6.61. The number of hydrogen-bond acceptors (Lipinski definition) is 2. The predicted molar refractivity (Wildman–Crippen MR) is 134 cm³/mol. The SMILES string of the molecule is O=C(NCC1(c2ccccc2)CCCC1)[C@H]1CC12CCN(C(=O)c1cc3cc(F)ccc3[nH]1)CC2. The molecule has 2 aliphatic carbocycles. The van der Waals surface area contributed by atoms with E-state index in [2.05, 4.69) is 34.6 Å². The van der Waals surface area contributed by atoms with Gasteiger partial charge in [0.25, 0.3) is 5.91 Å². The standard InChI is InChI=1S/C29H32FN3O2/c30-22-8-9-24-20(16-22)17-25(32-24)27(35)33-14-12-28(13-15-33)18-23(28)26(34)31-19-29(10-4-5-11-29)21-6-2-1-3-7-21/h1-3,6-9,16-17,23,32H,4-5,10-15,18-19H2,(H,31,34)/t23-/m1/s1. The summed E-state index contributed by atoms with van der Waals surface area (Å²) < 4.78 is 13.5. The van der Waals surface area contributed by atoms with Gasteiger partial charge >= 0.3 is 0 Å². The number of nitrogens with one attached hydrogen (secondary N) is 2. The van der Waals surface area contributed by atoms with Crippen molar-refractivity contribution in [3.05, 3.63) is 71.7 Å². The Morgan fingerprint density at radius 3 is 2.49 bits per heavy atom. The third-order valence-electron chi connectivity index (χ3n) is 8.91. The number of H-pyrrole nitrogens is 1. The Kier molecular flexibility index (Phi) is 5.42. The molecule has 35 heavy (non-hydrogen) atoms. The molecule has 3 fully saturated rings. The summed E-state index contributed by atoms with van der Waals surface area (Å²) in [5.41, 5.74) is 2.71. The van der Waals surface area contributed by atoms with Gasteiger partial charge in [0.05, 0.1) is 0 Å². The second-order valence-corrected chi connectivity index (χ2v) is 10.9. The zero-order valence-corrected chi connectivity index (χ0v) is 20.0. The number of likely N-dealkylation sites (tertiary alicyclic amines) is 1. The first-order valence-corrected chi connectivity index (χ1v) is 12.9. The van der Waals surface area contributed by atoms with Crippen molar-refractivity contribution in [1.82, 2.24) is 15.2 Å². The molecule has 1 aromatic heterocycles. The summed E-state index contributed by atoms with van der Waals surface area (Å²) in [7, 11) is 0. The highest BCUT2D eigenvalue weighted by Crippen LogP contribution is 2.59. The molecule has 2 saturated carbocycles. The second-order valence-electron chi connectivity index (χ2n) is 10.9. The number of nitrogens with zero attached hydrogens (tertiary/aromatic N) is 1. The van der Waals surface area contributed by atoms with Crippen LogP contribution in [0.3, 0.4) is 0 Å². The van der Waals surface area contributed by atoms with E-state index in [1.54, 1.807) is 12.1 Å². The molecule has 1 saturated heterocycles. The maximum Gasteiger partial charge on any atom is 0.270 e. The van der Waals surface area contributed by atoms with Crippen LogP contribution in [0.15, 0.2) is 54.6 Å². The van der Waals surface area contributed by atoms with Gasteiger partial charge in [-0.15, -0.1) is 0 Å². The molecule has 2 amide bonds. The molecule has 3 aromatic rings. The van der Waals surface area contributed by atoms with Crippen molar-refractivity contribution in [2.45, 2.75) is 50.4 Å². The van der Waals surface area contributed by atoms with Crippen molar-refractivity contribution in [2.75, 3.05) is 19.6 Å². The summed E-state index contributed by atoms with van der Waals surface area (Å²) in [5, 5.41) is 4.03. The third kappa shape index (κ3) is 4.03. The minimum absolute atomic E-state index is 0.0417. The molecule has 3 aliphatic rings. The highest BCUT2D eigenvalue weighted by molar-refractivity contribution is 5.98. The van der Waals surface area contributed by atoms with Crippen molar-refractivity contribution >= 4 is 22.7 Å². The first-order valence-electron chi connectivity index (χ1n) is 12.9. The molecule has 2 heterocycles. The molecule has 6 rings (SSSR count). The fraction of sp³-hybridized carbons (Fsp3) is 0.448. The first kappa shape index (κ1) is 22.3. The van der Waals surface area contributed by atoms with E-state index in [4.69, 9.17) is 0 Å². The lowest BCUT2D eigenvalue weighted by atomic mass is 9.78. The van der Waals surface area contributed by atoms with E-state index in [9.17, 15) is 14.0 Å². The van der Waals surface area contributed by atoms with Gasteiger partial charge in [-0.25, -0.2) is 4.39 Å². The number of piperidine rings is 1. The van der Waals surface area contributed by atoms with Crippen LogP contribution >= 0.6 is 0 Å². The number of aromatic nitrogens is 1. The Morgan fingerprint density at radius 2 is 1.74 bits per heavy atom. The highest BCUT2D eigenvalue weighted by atomic mass is 19.1. The molecule has 1 spiro atoms. The summed E-state index contributed by atoms with van der Waals surface area (Å²) in [4.78, 5) is 31.2. The summed E-state index contributed by atoms with van der Waals surface area (Å²) in [6, 6.07) is 16.9. The number of benzene rings is 2. The Morgan fingerprint density at radius 1 is 1.00 bits per heavy atom. The monoisotopic (exact) mass is 473 g/mol. The second kappa shape index (κ2) is 8.51. The maximum atomic E-state index is 13.5. The van der Waals surface area contributed by atoms with E-state index < -0.39 is 0 Å². The van der Waals surface area contributed by atoms with Gasteiger partial charge in [-0.1, -0.05) is 43.2 Å². The Labute approximate surface area is 205 Å². The number of carbonyl (C=O) groups excluding carboxylic acids is 2. The van der Waals surface area contributed by atoms with Crippen LogP contribution in [-0.4, -0.2) is 41.3 Å². The molecule has 2 N–H and O–H groups in total. The van der Waals surface area contributed by atoms with Crippen LogP contribution in [0.4, 0.5) is 4.39 Å². The van der Waals surface area contributed by atoms with Gasteiger partial charge in [-0.2, -0.15) is 0 Å². The molecule has 1 atom stereocenters. The summed E-state index contributed by atoms with van der Waals surface area (Å²) in [6.45, 7) is 2.02. The van der Waals surface area contributed by atoms with Crippen LogP contribution in [0, 0.1) is 17.2 Å². The number of fused-ring (bicyclic) bond motifs is 1. The number of amides is 2. The predicted octanol–water partition coefficient (Wildman–Crippen LogP) is 5.18. The van der Waals surface area contributed by atoms with Gasteiger partial charge in [0.15, 0.2) is 0 Å². The number of aromatic amines is 1. The van der Waals surface area contributed by atoms with Crippen molar-refractivity contribution < 1.29 is 14.0 Å². The van der Waals surface area contributed by atoms with E-state index in [1.807, 2.05) is 11.0 Å². The quantitative estimate of drug-likeness (QED) is 0.536. The maximum absolute atomic E-state index is 13.5. The summed E-state index contributed by atoms with van der Waals surface area (Å²) in [5.74, 6) is -0.116. The largest absolute Gasteiger partial charge is 0.355 e. The molecule has 0 bridgehead atoms.